The van der Waals surface area contributed by atoms with Crippen LogP contribution in [-0.2, 0) is 6.42 Å². The van der Waals surface area contributed by atoms with Crippen molar-refractivity contribution in [2.75, 3.05) is 0 Å². The zero-order valence-electron chi connectivity index (χ0n) is 9.26. The molecule has 0 bridgehead atoms. The lowest BCUT2D eigenvalue weighted by atomic mass is 10.0. The van der Waals surface area contributed by atoms with Gasteiger partial charge in [-0.05, 0) is 23.5 Å². The highest BCUT2D eigenvalue weighted by atomic mass is 32.1. The van der Waals surface area contributed by atoms with E-state index in [1.54, 1.807) is 0 Å². The van der Waals surface area contributed by atoms with Gasteiger partial charge >= 0.3 is 0 Å². The van der Waals surface area contributed by atoms with Crippen LogP contribution >= 0.6 is 11.5 Å². The number of nitrogens with zero attached hydrogens (tertiary/aromatic N) is 2. The number of aryl methyl sites for hydroxylation is 1. The molecule has 2 N–H and O–H groups in total. The summed E-state index contributed by atoms with van der Waals surface area (Å²) in [6, 6.07) is 9.99. The summed E-state index contributed by atoms with van der Waals surface area (Å²) < 4.78 is 4.00. The van der Waals surface area contributed by atoms with Gasteiger partial charge in [0, 0.05) is 0 Å². The summed E-state index contributed by atoms with van der Waals surface area (Å²) in [6.45, 7) is 2.14. The highest BCUT2D eigenvalue weighted by Crippen LogP contribution is 2.25. The third kappa shape index (κ3) is 2.28. The first-order valence-corrected chi connectivity index (χ1v) is 6.22. The van der Waals surface area contributed by atoms with E-state index in [0.717, 1.165) is 29.0 Å². The van der Waals surface area contributed by atoms with Gasteiger partial charge < -0.3 is 5.73 Å². The second-order valence-electron chi connectivity index (χ2n) is 3.72. The number of hydrogen-bond acceptors (Lipinski definition) is 4. The standard InChI is InChI=1S/C12H15N3S/c1-2-6-10-12(16-15-14-10)11(13)9-7-4-3-5-8-9/h3-5,7-8,11H,2,6,13H2,1H3. The first-order chi connectivity index (χ1) is 7.83. The third-order valence-electron chi connectivity index (χ3n) is 2.51. The van der Waals surface area contributed by atoms with E-state index in [4.69, 9.17) is 5.73 Å². The van der Waals surface area contributed by atoms with Gasteiger partial charge in [-0.2, -0.15) is 0 Å². The Morgan fingerprint density at radius 3 is 2.75 bits per heavy atom. The fourth-order valence-corrected chi connectivity index (χ4v) is 2.40. The van der Waals surface area contributed by atoms with E-state index in [9.17, 15) is 0 Å². The number of benzene rings is 1. The second kappa shape index (κ2) is 5.18. The Hall–Kier alpha value is -1.26. The average molecular weight is 233 g/mol. The van der Waals surface area contributed by atoms with Crippen LogP contribution in [0.3, 0.4) is 0 Å². The molecule has 0 spiro atoms. The van der Waals surface area contributed by atoms with Crippen molar-refractivity contribution in [3.8, 4) is 0 Å². The molecule has 2 aromatic rings. The molecule has 0 amide bonds. The quantitative estimate of drug-likeness (QED) is 0.883. The van der Waals surface area contributed by atoms with Crippen molar-refractivity contribution >= 4 is 11.5 Å². The van der Waals surface area contributed by atoms with Crippen LogP contribution in [-0.4, -0.2) is 9.59 Å². The van der Waals surface area contributed by atoms with Crippen molar-refractivity contribution < 1.29 is 0 Å². The number of nitrogens with two attached hydrogens (primary N) is 1. The van der Waals surface area contributed by atoms with Gasteiger partial charge in [-0.15, -0.1) is 5.10 Å². The smallest absolute Gasteiger partial charge is 0.0807 e. The molecule has 2 rings (SSSR count). The Balaban J connectivity index is 2.27. The summed E-state index contributed by atoms with van der Waals surface area (Å²) in [6.07, 6.45) is 2.02. The third-order valence-corrected chi connectivity index (χ3v) is 3.36. The van der Waals surface area contributed by atoms with Crippen molar-refractivity contribution in [3.63, 3.8) is 0 Å². The first kappa shape index (κ1) is 11.2. The largest absolute Gasteiger partial charge is 0.320 e. The first-order valence-electron chi connectivity index (χ1n) is 5.44. The summed E-state index contributed by atoms with van der Waals surface area (Å²) in [5, 5.41) is 4.14. The van der Waals surface area contributed by atoms with Crippen LogP contribution in [0.15, 0.2) is 30.3 Å². The van der Waals surface area contributed by atoms with Crippen LogP contribution in [0.5, 0.6) is 0 Å². The summed E-state index contributed by atoms with van der Waals surface area (Å²) in [7, 11) is 0. The minimum Gasteiger partial charge on any atom is -0.320 e. The molecule has 1 unspecified atom stereocenters. The van der Waals surface area contributed by atoms with Gasteiger partial charge in [0.1, 0.15) is 0 Å². The fourth-order valence-electron chi connectivity index (χ4n) is 1.67. The SMILES string of the molecule is CCCc1nnsc1C(N)c1ccccc1. The van der Waals surface area contributed by atoms with Crippen LogP contribution in [0, 0.1) is 0 Å². The zero-order chi connectivity index (χ0) is 11.4. The van der Waals surface area contributed by atoms with Crippen LogP contribution in [0.4, 0.5) is 0 Å². The molecule has 1 aromatic carbocycles. The van der Waals surface area contributed by atoms with E-state index in [0.29, 0.717) is 0 Å². The van der Waals surface area contributed by atoms with E-state index in [2.05, 4.69) is 16.5 Å². The summed E-state index contributed by atoms with van der Waals surface area (Å²) in [5.74, 6) is 0. The normalized spacial score (nSPS) is 12.6. The van der Waals surface area contributed by atoms with Gasteiger partial charge in [0.2, 0.25) is 0 Å². The monoisotopic (exact) mass is 233 g/mol. The number of aromatic nitrogens is 2. The van der Waals surface area contributed by atoms with Gasteiger partial charge in [0.05, 0.1) is 16.6 Å². The maximum atomic E-state index is 6.22. The Kier molecular flexibility index (Phi) is 3.64. The predicted octanol–water partition coefficient (Wildman–Crippen LogP) is 2.54. The fraction of sp³-hybridized carbons (Fsp3) is 0.333. The molecule has 1 atom stereocenters. The minimum atomic E-state index is -0.0947. The molecule has 0 saturated heterocycles. The molecule has 16 heavy (non-hydrogen) atoms. The Morgan fingerprint density at radius 2 is 2.06 bits per heavy atom. The molecule has 1 aromatic heterocycles. The van der Waals surface area contributed by atoms with Crippen molar-refractivity contribution in [1.82, 2.24) is 9.59 Å². The van der Waals surface area contributed by atoms with Crippen LogP contribution in [0.25, 0.3) is 0 Å². The highest BCUT2D eigenvalue weighted by molar-refractivity contribution is 7.05. The van der Waals surface area contributed by atoms with Gasteiger partial charge in [-0.25, -0.2) is 0 Å². The summed E-state index contributed by atoms with van der Waals surface area (Å²) in [5.41, 5.74) is 8.38. The lowest BCUT2D eigenvalue weighted by Gasteiger charge is -2.10. The molecule has 0 saturated carbocycles. The maximum Gasteiger partial charge on any atom is 0.0807 e. The van der Waals surface area contributed by atoms with Crippen LogP contribution < -0.4 is 5.73 Å². The average Bonchev–Trinajstić information content (AvgIpc) is 2.78. The van der Waals surface area contributed by atoms with E-state index in [1.165, 1.54) is 11.5 Å². The van der Waals surface area contributed by atoms with Crippen molar-refractivity contribution in [3.05, 3.63) is 46.5 Å². The van der Waals surface area contributed by atoms with Gasteiger partial charge in [-0.1, -0.05) is 48.2 Å². The van der Waals surface area contributed by atoms with Gasteiger partial charge in [0.15, 0.2) is 0 Å². The Bertz CT molecular complexity index is 439. The maximum absolute atomic E-state index is 6.22. The van der Waals surface area contributed by atoms with E-state index in [-0.39, 0.29) is 6.04 Å². The van der Waals surface area contributed by atoms with E-state index >= 15 is 0 Å². The number of rotatable bonds is 4. The van der Waals surface area contributed by atoms with E-state index < -0.39 is 0 Å². The Morgan fingerprint density at radius 1 is 1.31 bits per heavy atom. The Labute approximate surface area is 99.5 Å². The molecule has 0 aliphatic heterocycles. The molecular weight excluding hydrogens is 218 g/mol. The molecule has 0 fully saturated rings. The van der Waals surface area contributed by atoms with Gasteiger partial charge in [0.25, 0.3) is 0 Å². The molecule has 0 aliphatic rings. The summed E-state index contributed by atoms with van der Waals surface area (Å²) in [4.78, 5) is 1.09. The molecule has 3 nitrogen and oxygen atoms in total. The molecule has 84 valence electrons. The lowest BCUT2D eigenvalue weighted by molar-refractivity contribution is 0.814. The lowest BCUT2D eigenvalue weighted by Crippen LogP contribution is -2.12. The predicted molar refractivity (Wildman–Crippen MR) is 66.4 cm³/mol. The zero-order valence-corrected chi connectivity index (χ0v) is 10.1. The van der Waals surface area contributed by atoms with Crippen LogP contribution in [0.1, 0.15) is 35.5 Å². The topological polar surface area (TPSA) is 51.8 Å². The van der Waals surface area contributed by atoms with Crippen molar-refractivity contribution in [1.29, 1.82) is 0 Å². The molecular formula is C12H15N3S. The van der Waals surface area contributed by atoms with E-state index in [1.807, 2.05) is 30.3 Å². The molecule has 0 aliphatic carbocycles. The molecule has 4 heteroatoms. The van der Waals surface area contributed by atoms with Crippen molar-refractivity contribution in [2.45, 2.75) is 25.8 Å². The number of hydrogen-bond donors (Lipinski definition) is 1. The highest BCUT2D eigenvalue weighted by Gasteiger charge is 2.16. The summed E-state index contributed by atoms with van der Waals surface area (Å²) >= 11 is 1.41. The molecule has 1 heterocycles. The van der Waals surface area contributed by atoms with Gasteiger partial charge in [-0.3, -0.25) is 0 Å². The van der Waals surface area contributed by atoms with Crippen LogP contribution in [0.2, 0.25) is 0 Å². The van der Waals surface area contributed by atoms with Crippen molar-refractivity contribution in [2.24, 2.45) is 5.73 Å². The second-order valence-corrected chi connectivity index (χ2v) is 4.51. The molecule has 0 radical (unpaired) electrons. The minimum absolute atomic E-state index is 0.0947.